The standard InChI is InChI=1S/C13H21ClN4/c1-8(2)9-5-3-4-6-10(9)18-13-11(15)12(14)16-7-17-13/h7-10H,3-6,15H2,1-2H3,(H,16,17,18). The summed E-state index contributed by atoms with van der Waals surface area (Å²) in [6, 6.07) is 0.437. The SMILES string of the molecule is CC(C)C1CCCCC1Nc1ncnc(Cl)c1N. The predicted octanol–water partition coefficient (Wildman–Crippen LogP) is 3.34. The number of hydrogen-bond acceptors (Lipinski definition) is 4. The topological polar surface area (TPSA) is 63.8 Å². The van der Waals surface area contributed by atoms with Crippen molar-refractivity contribution in [3.05, 3.63) is 11.5 Å². The first-order valence-electron chi connectivity index (χ1n) is 6.62. The molecule has 0 saturated heterocycles. The zero-order valence-corrected chi connectivity index (χ0v) is 11.7. The van der Waals surface area contributed by atoms with Gasteiger partial charge in [-0.1, -0.05) is 38.3 Å². The number of nitrogens with two attached hydrogens (primary N) is 1. The molecule has 100 valence electrons. The first kappa shape index (κ1) is 13.4. The highest BCUT2D eigenvalue weighted by molar-refractivity contribution is 6.32. The van der Waals surface area contributed by atoms with Crippen molar-refractivity contribution in [1.29, 1.82) is 0 Å². The van der Waals surface area contributed by atoms with E-state index in [1.165, 1.54) is 32.0 Å². The summed E-state index contributed by atoms with van der Waals surface area (Å²) in [7, 11) is 0. The van der Waals surface area contributed by atoms with Crippen LogP contribution in [0.2, 0.25) is 5.15 Å². The van der Waals surface area contributed by atoms with E-state index in [-0.39, 0.29) is 0 Å². The van der Waals surface area contributed by atoms with Gasteiger partial charge in [-0.25, -0.2) is 9.97 Å². The molecule has 1 saturated carbocycles. The minimum Gasteiger partial charge on any atom is -0.393 e. The fourth-order valence-electron chi connectivity index (χ4n) is 2.80. The monoisotopic (exact) mass is 268 g/mol. The fraction of sp³-hybridized carbons (Fsp3) is 0.692. The molecular formula is C13H21ClN4. The van der Waals surface area contributed by atoms with Gasteiger partial charge >= 0.3 is 0 Å². The third-order valence-corrected chi connectivity index (χ3v) is 4.13. The van der Waals surface area contributed by atoms with Crippen molar-refractivity contribution >= 4 is 23.1 Å². The second-order valence-electron chi connectivity index (χ2n) is 5.37. The number of halogens is 1. The summed E-state index contributed by atoms with van der Waals surface area (Å²) in [6.45, 7) is 4.56. The summed E-state index contributed by atoms with van der Waals surface area (Å²) < 4.78 is 0. The molecular weight excluding hydrogens is 248 g/mol. The molecule has 0 spiro atoms. The molecule has 1 fully saturated rings. The molecule has 1 aromatic heterocycles. The largest absolute Gasteiger partial charge is 0.393 e. The number of rotatable bonds is 3. The number of hydrogen-bond donors (Lipinski definition) is 2. The van der Waals surface area contributed by atoms with Crippen LogP contribution in [0.5, 0.6) is 0 Å². The van der Waals surface area contributed by atoms with Crippen molar-refractivity contribution in [3.8, 4) is 0 Å². The van der Waals surface area contributed by atoms with Gasteiger partial charge in [-0.05, 0) is 24.7 Å². The van der Waals surface area contributed by atoms with Crippen molar-refractivity contribution in [1.82, 2.24) is 9.97 Å². The summed E-state index contributed by atoms with van der Waals surface area (Å²) in [4.78, 5) is 8.07. The lowest BCUT2D eigenvalue weighted by Gasteiger charge is -2.35. The highest BCUT2D eigenvalue weighted by Crippen LogP contribution is 2.33. The highest BCUT2D eigenvalue weighted by atomic mass is 35.5. The Morgan fingerprint density at radius 2 is 2.06 bits per heavy atom. The first-order valence-corrected chi connectivity index (χ1v) is 7.00. The van der Waals surface area contributed by atoms with Gasteiger partial charge in [0.2, 0.25) is 0 Å². The van der Waals surface area contributed by atoms with Gasteiger partial charge < -0.3 is 11.1 Å². The molecule has 3 N–H and O–H groups in total. The molecule has 0 radical (unpaired) electrons. The van der Waals surface area contributed by atoms with Crippen LogP contribution in [0.25, 0.3) is 0 Å². The van der Waals surface area contributed by atoms with Crippen molar-refractivity contribution in [2.24, 2.45) is 11.8 Å². The molecule has 5 heteroatoms. The average molecular weight is 269 g/mol. The van der Waals surface area contributed by atoms with Crippen molar-refractivity contribution in [2.75, 3.05) is 11.1 Å². The van der Waals surface area contributed by atoms with Crippen LogP contribution in [0.3, 0.4) is 0 Å². The summed E-state index contributed by atoms with van der Waals surface area (Å²) in [5.74, 6) is 2.01. The molecule has 0 aromatic carbocycles. The highest BCUT2D eigenvalue weighted by Gasteiger charge is 2.28. The minimum atomic E-state index is 0.324. The van der Waals surface area contributed by atoms with E-state index in [1.807, 2.05) is 0 Å². The predicted molar refractivity (Wildman–Crippen MR) is 75.7 cm³/mol. The Hall–Kier alpha value is -1.03. The van der Waals surface area contributed by atoms with E-state index >= 15 is 0 Å². The Balaban J connectivity index is 2.13. The second kappa shape index (κ2) is 5.74. The van der Waals surface area contributed by atoms with Gasteiger partial charge in [0.05, 0.1) is 0 Å². The van der Waals surface area contributed by atoms with Crippen LogP contribution >= 0.6 is 11.6 Å². The van der Waals surface area contributed by atoms with Gasteiger partial charge in [0, 0.05) is 6.04 Å². The molecule has 0 amide bonds. The molecule has 0 aliphatic heterocycles. The molecule has 1 heterocycles. The maximum atomic E-state index is 5.91. The molecule has 4 nitrogen and oxygen atoms in total. The molecule has 18 heavy (non-hydrogen) atoms. The van der Waals surface area contributed by atoms with Crippen LogP contribution in [-0.4, -0.2) is 16.0 Å². The van der Waals surface area contributed by atoms with E-state index in [1.54, 1.807) is 0 Å². The van der Waals surface area contributed by atoms with Gasteiger partial charge in [0.25, 0.3) is 0 Å². The maximum absolute atomic E-state index is 5.91. The average Bonchev–Trinajstić information content (AvgIpc) is 2.35. The fourth-order valence-corrected chi connectivity index (χ4v) is 2.93. The normalized spacial score (nSPS) is 24.2. The van der Waals surface area contributed by atoms with E-state index in [0.29, 0.717) is 34.5 Å². The van der Waals surface area contributed by atoms with Gasteiger partial charge in [0.15, 0.2) is 11.0 Å². The van der Waals surface area contributed by atoms with Crippen LogP contribution < -0.4 is 11.1 Å². The van der Waals surface area contributed by atoms with Gasteiger partial charge in [-0.15, -0.1) is 0 Å². The smallest absolute Gasteiger partial charge is 0.157 e. The van der Waals surface area contributed by atoms with Crippen LogP contribution in [-0.2, 0) is 0 Å². The van der Waals surface area contributed by atoms with E-state index in [9.17, 15) is 0 Å². The Morgan fingerprint density at radius 1 is 1.33 bits per heavy atom. The zero-order valence-electron chi connectivity index (χ0n) is 11.0. The lowest BCUT2D eigenvalue weighted by atomic mass is 9.78. The quantitative estimate of drug-likeness (QED) is 0.826. The Labute approximate surface area is 113 Å². The summed E-state index contributed by atoms with van der Waals surface area (Å²) in [6.07, 6.45) is 6.48. The van der Waals surface area contributed by atoms with Crippen molar-refractivity contribution in [3.63, 3.8) is 0 Å². The summed E-state index contributed by atoms with van der Waals surface area (Å²) >= 11 is 5.91. The van der Waals surface area contributed by atoms with Crippen molar-refractivity contribution < 1.29 is 0 Å². The summed E-state index contributed by atoms with van der Waals surface area (Å²) in [5.41, 5.74) is 6.35. The number of nitrogens with one attached hydrogen (secondary N) is 1. The Morgan fingerprint density at radius 3 is 2.78 bits per heavy atom. The second-order valence-corrected chi connectivity index (χ2v) is 5.73. The first-order chi connectivity index (χ1) is 8.59. The molecule has 2 atom stereocenters. The number of nitrogens with zero attached hydrogens (tertiary/aromatic N) is 2. The number of anilines is 2. The molecule has 2 unspecified atom stereocenters. The van der Waals surface area contributed by atoms with E-state index in [4.69, 9.17) is 17.3 Å². The lowest BCUT2D eigenvalue weighted by molar-refractivity contribution is 0.253. The van der Waals surface area contributed by atoms with E-state index < -0.39 is 0 Å². The van der Waals surface area contributed by atoms with Gasteiger partial charge in [0.1, 0.15) is 12.0 Å². The van der Waals surface area contributed by atoms with Crippen molar-refractivity contribution in [2.45, 2.75) is 45.6 Å². The van der Waals surface area contributed by atoms with Crippen LogP contribution in [0.4, 0.5) is 11.5 Å². The molecule has 1 aromatic rings. The Bertz CT molecular complexity index is 408. The third-order valence-electron chi connectivity index (χ3n) is 3.83. The zero-order chi connectivity index (χ0) is 13.1. The van der Waals surface area contributed by atoms with E-state index in [2.05, 4.69) is 29.1 Å². The van der Waals surface area contributed by atoms with Crippen LogP contribution in [0, 0.1) is 11.8 Å². The molecule has 1 aliphatic carbocycles. The van der Waals surface area contributed by atoms with Gasteiger partial charge in [-0.2, -0.15) is 0 Å². The lowest BCUT2D eigenvalue weighted by Crippen LogP contribution is -2.35. The minimum absolute atomic E-state index is 0.324. The van der Waals surface area contributed by atoms with Crippen LogP contribution in [0.15, 0.2) is 6.33 Å². The third kappa shape index (κ3) is 2.86. The summed E-state index contributed by atoms with van der Waals surface area (Å²) in [5, 5.41) is 3.78. The van der Waals surface area contributed by atoms with Crippen LogP contribution in [0.1, 0.15) is 39.5 Å². The van der Waals surface area contributed by atoms with Gasteiger partial charge in [-0.3, -0.25) is 0 Å². The molecule has 0 bridgehead atoms. The maximum Gasteiger partial charge on any atom is 0.157 e. The molecule has 2 rings (SSSR count). The van der Waals surface area contributed by atoms with E-state index in [0.717, 1.165) is 0 Å². The Kier molecular flexibility index (Phi) is 4.27. The number of aromatic nitrogens is 2. The number of nitrogen functional groups attached to an aromatic ring is 1. The molecule has 1 aliphatic rings.